The van der Waals surface area contributed by atoms with Gasteiger partial charge >= 0.3 is 12.1 Å². The minimum Gasteiger partial charge on any atom is -0.443 e. The molecular formula is C20H23N3O3. The lowest BCUT2D eigenvalue weighted by atomic mass is 10.1. The molecule has 1 fully saturated rings. The van der Waals surface area contributed by atoms with Gasteiger partial charge in [0.1, 0.15) is 6.61 Å². The Balaban J connectivity index is 1.63. The number of aryl methyl sites for hydroxylation is 2. The fraction of sp³-hybridized carbons (Fsp3) is 0.300. The molecule has 1 heterocycles. The van der Waals surface area contributed by atoms with Crippen molar-refractivity contribution in [2.45, 2.75) is 26.9 Å². The summed E-state index contributed by atoms with van der Waals surface area (Å²) in [7, 11) is 0. The number of carbonyl (C=O) groups excluding carboxylic acids is 2. The van der Waals surface area contributed by atoms with E-state index in [1.807, 2.05) is 62.4 Å². The van der Waals surface area contributed by atoms with Crippen LogP contribution in [-0.2, 0) is 11.3 Å². The average Bonchev–Trinajstić information content (AvgIpc) is 3.13. The number of carbonyl (C=O) groups is 2. The van der Waals surface area contributed by atoms with Crippen LogP contribution in [0.5, 0.6) is 0 Å². The number of hydrazine groups is 1. The summed E-state index contributed by atoms with van der Waals surface area (Å²) in [5.41, 5.74) is 3.65. The second kappa shape index (κ2) is 7.91. The zero-order valence-corrected chi connectivity index (χ0v) is 15.1. The summed E-state index contributed by atoms with van der Waals surface area (Å²) in [5.74, 6) is 0. The lowest BCUT2D eigenvalue weighted by molar-refractivity contribution is 0.0355. The molecule has 0 atom stereocenters. The third kappa shape index (κ3) is 3.96. The van der Waals surface area contributed by atoms with E-state index in [9.17, 15) is 9.59 Å². The van der Waals surface area contributed by atoms with E-state index in [4.69, 9.17) is 4.74 Å². The fourth-order valence-electron chi connectivity index (χ4n) is 2.99. The van der Waals surface area contributed by atoms with Crippen molar-refractivity contribution in [1.82, 2.24) is 10.0 Å². The van der Waals surface area contributed by atoms with Gasteiger partial charge < -0.3 is 10.1 Å². The number of anilines is 1. The van der Waals surface area contributed by atoms with Gasteiger partial charge in [0.05, 0.1) is 0 Å². The number of hydrogen-bond donors (Lipinski definition) is 1. The standard InChI is InChI=1S/C20H23N3O3/c1-15-8-6-9-16(2)18(15)21-19(24)22-12-7-13-23(22)20(25)26-14-17-10-4-3-5-11-17/h3-6,8-11H,7,12-14H2,1-2H3,(H,21,24). The molecule has 0 unspecified atom stereocenters. The van der Waals surface area contributed by atoms with Gasteiger partial charge in [-0.25, -0.2) is 19.6 Å². The van der Waals surface area contributed by atoms with Crippen molar-refractivity contribution in [2.75, 3.05) is 18.4 Å². The monoisotopic (exact) mass is 353 g/mol. The maximum atomic E-state index is 12.7. The van der Waals surface area contributed by atoms with E-state index in [1.54, 1.807) is 0 Å². The third-order valence-corrected chi connectivity index (χ3v) is 4.39. The highest BCUT2D eigenvalue weighted by atomic mass is 16.6. The minimum atomic E-state index is -0.511. The second-order valence-electron chi connectivity index (χ2n) is 6.34. The number of rotatable bonds is 3. The van der Waals surface area contributed by atoms with Crippen LogP contribution in [0.3, 0.4) is 0 Å². The molecule has 1 saturated heterocycles. The van der Waals surface area contributed by atoms with Gasteiger partial charge in [0, 0.05) is 18.8 Å². The van der Waals surface area contributed by atoms with Crippen LogP contribution in [-0.4, -0.2) is 35.2 Å². The van der Waals surface area contributed by atoms with Crippen molar-refractivity contribution in [3.63, 3.8) is 0 Å². The first-order valence-corrected chi connectivity index (χ1v) is 8.69. The molecule has 0 aliphatic carbocycles. The van der Waals surface area contributed by atoms with Crippen molar-refractivity contribution in [1.29, 1.82) is 0 Å². The maximum Gasteiger partial charge on any atom is 0.429 e. The smallest absolute Gasteiger partial charge is 0.429 e. The Hall–Kier alpha value is -3.02. The molecule has 6 heteroatoms. The highest BCUT2D eigenvalue weighted by Gasteiger charge is 2.32. The number of amides is 3. The first-order valence-electron chi connectivity index (χ1n) is 8.69. The van der Waals surface area contributed by atoms with E-state index in [-0.39, 0.29) is 12.6 Å². The molecule has 3 amide bonds. The number of hydrogen-bond acceptors (Lipinski definition) is 3. The van der Waals surface area contributed by atoms with Gasteiger partial charge in [-0.3, -0.25) is 0 Å². The van der Waals surface area contributed by atoms with Crippen LogP contribution in [0.4, 0.5) is 15.3 Å². The molecule has 1 aliphatic rings. The minimum absolute atomic E-state index is 0.183. The van der Waals surface area contributed by atoms with Crippen molar-refractivity contribution in [3.8, 4) is 0 Å². The van der Waals surface area contributed by atoms with E-state index in [1.165, 1.54) is 10.0 Å². The molecular weight excluding hydrogens is 330 g/mol. The van der Waals surface area contributed by atoms with Gasteiger partial charge in [0.2, 0.25) is 0 Å². The topological polar surface area (TPSA) is 61.9 Å². The zero-order valence-electron chi connectivity index (χ0n) is 15.1. The van der Waals surface area contributed by atoms with Crippen LogP contribution < -0.4 is 5.32 Å². The highest BCUT2D eigenvalue weighted by molar-refractivity contribution is 5.92. The van der Waals surface area contributed by atoms with Crippen LogP contribution in [0, 0.1) is 13.8 Å². The van der Waals surface area contributed by atoms with Crippen LogP contribution in [0.2, 0.25) is 0 Å². The lowest BCUT2D eigenvalue weighted by Crippen LogP contribution is -2.47. The molecule has 26 heavy (non-hydrogen) atoms. The normalized spacial score (nSPS) is 13.6. The number of nitrogens with zero attached hydrogens (tertiary/aromatic N) is 2. The molecule has 0 bridgehead atoms. The second-order valence-corrected chi connectivity index (χ2v) is 6.34. The van der Waals surface area contributed by atoms with E-state index in [0.29, 0.717) is 13.1 Å². The van der Waals surface area contributed by atoms with Crippen molar-refractivity contribution < 1.29 is 14.3 Å². The van der Waals surface area contributed by atoms with Crippen LogP contribution >= 0.6 is 0 Å². The van der Waals surface area contributed by atoms with Gasteiger partial charge in [-0.1, -0.05) is 48.5 Å². The Morgan fingerprint density at radius 2 is 1.62 bits per heavy atom. The summed E-state index contributed by atoms with van der Waals surface area (Å²) in [6.45, 7) is 5.02. The number of benzene rings is 2. The maximum absolute atomic E-state index is 12.7. The molecule has 0 spiro atoms. The summed E-state index contributed by atoms with van der Waals surface area (Å²) in [6, 6.07) is 15.0. The van der Waals surface area contributed by atoms with Gasteiger partial charge in [0.25, 0.3) is 0 Å². The highest BCUT2D eigenvalue weighted by Crippen LogP contribution is 2.21. The van der Waals surface area contributed by atoms with Crippen molar-refractivity contribution >= 4 is 17.8 Å². The molecule has 0 radical (unpaired) electrons. The molecule has 0 saturated carbocycles. The van der Waals surface area contributed by atoms with Gasteiger partial charge in [-0.2, -0.15) is 0 Å². The fourth-order valence-corrected chi connectivity index (χ4v) is 2.99. The summed E-state index contributed by atoms with van der Waals surface area (Å²) >= 11 is 0. The Morgan fingerprint density at radius 1 is 0.962 bits per heavy atom. The predicted octanol–water partition coefficient (Wildman–Crippen LogP) is 4.09. The predicted molar refractivity (Wildman–Crippen MR) is 99.6 cm³/mol. The molecule has 2 aromatic carbocycles. The van der Waals surface area contributed by atoms with Crippen molar-refractivity contribution in [2.24, 2.45) is 0 Å². The summed E-state index contributed by atoms with van der Waals surface area (Å²) in [5, 5.41) is 5.70. The summed E-state index contributed by atoms with van der Waals surface area (Å²) in [4.78, 5) is 25.1. The Bertz CT molecular complexity index is 772. The quantitative estimate of drug-likeness (QED) is 0.904. The van der Waals surface area contributed by atoms with Gasteiger partial charge in [0.15, 0.2) is 0 Å². The molecule has 136 valence electrons. The zero-order chi connectivity index (χ0) is 18.5. The number of nitrogens with one attached hydrogen (secondary N) is 1. The largest absolute Gasteiger partial charge is 0.443 e. The number of urea groups is 1. The molecule has 1 N–H and O–H groups in total. The van der Waals surface area contributed by atoms with E-state index >= 15 is 0 Å². The molecule has 1 aliphatic heterocycles. The van der Waals surface area contributed by atoms with Crippen LogP contribution in [0.15, 0.2) is 48.5 Å². The van der Waals surface area contributed by atoms with E-state index in [0.717, 1.165) is 28.8 Å². The molecule has 0 aromatic heterocycles. The van der Waals surface area contributed by atoms with Crippen molar-refractivity contribution in [3.05, 3.63) is 65.2 Å². The first kappa shape index (κ1) is 17.8. The SMILES string of the molecule is Cc1cccc(C)c1NC(=O)N1CCCN1C(=O)OCc1ccccc1. The first-order chi connectivity index (χ1) is 12.6. The average molecular weight is 353 g/mol. The molecule has 3 rings (SSSR count). The van der Waals surface area contributed by atoms with Gasteiger partial charge in [-0.05, 0) is 37.0 Å². The van der Waals surface area contributed by atoms with Gasteiger partial charge in [-0.15, -0.1) is 0 Å². The molecule has 2 aromatic rings. The summed E-state index contributed by atoms with van der Waals surface area (Å²) < 4.78 is 5.36. The van der Waals surface area contributed by atoms with E-state index < -0.39 is 6.09 Å². The summed E-state index contributed by atoms with van der Waals surface area (Å²) in [6.07, 6.45) is 0.212. The Kier molecular flexibility index (Phi) is 5.41. The Morgan fingerprint density at radius 3 is 2.31 bits per heavy atom. The molecule has 6 nitrogen and oxygen atoms in total. The third-order valence-electron chi connectivity index (χ3n) is 4.39. The lowest BCUT2D eigenvalue weighted by Gasteiger charge is -2.27. The van der Waals surface area contributed by atoms with Crippen LogP contribution in [0.25, 0.3) is 0 Å². The number of ether oxygens (including phenoxy) is 1. The number of para-hydroxylation sites is 1. The van der Waals surface area contributed by atoms with E-state index in [2.05, 4.69) is 5.32 Å². The van der Waals surface area contributed by atoms with Crippen LogP contribution in [0.1, 0.15) is 23.1 Å². The Labute approximate surface area is 153 Å².